The zero-order valence-electron chi connectivity index (χ0n) is 9.89. The molecule has 17 heavy (non-hydrogen) atoms. The van der Waals surface area contributed by atoms with Gasteiger partial charge in [-0.1, -0.05) is 28.4 Å². The summed E-state index contributed by atoms with van der Waals surface area (Å²) in [5.41, 5.74) is -1.43. The molecule has 0 amide bonds. The van der Waals surface area contributed by atoms with Gasteiger partial charge in [0.05, 0.1) is 36.4 Å². The molecule has 2 rings (SSSR count). The highest BCUT2D eigenvalue weighted by molar-refractivity contribution is 6.37. The van der Waals surface area contributed by atoms with E-state index in [0.717, 1.165) is 10.7 Å². The minimum Gasteiger partial charge on any atom is -0.219 e. The molecule has 1 aromatic heterocycles. The van der Waals surface area contributed by atoms with E-state index in [1.54, 1.807) is 0 Å². The van der Waals surface area contributed by atoms with Crippen LogP contribution in [0.2, 0.25) is 10.0 Å². The summed E-state index contributed by atoms with van der Waals surface area (Å²) in [6, 6.07) is 2.17. The Morgan fingerprint density at radius 3 is 2.53 bits per heavy atom. The third-order valence-corrected chi connectivity index (χ3v) is 2.62. The summed E-state index contributed by atoms with van der Waals surface area (Å²) in [5.74, 6) is 0. The molecule has 8 heteroatoms. The van der Waals surface area contributed by atoms with Crippen LogP contribution in [0.1, 0.15) is 8.30 Å². The van der Waals surface area contributed by atoms with E-state index >= 15 is 0 Å². The second kappa shape index (κ2) is 4.19. The molecule has 1 aromatic carbocycles. The van der Waals surface area contributed by atoms with Crippen molar-refractivity contribution in [1.82, 2.24) is 15.0 Å². The van der Waals surface area contributed by atoms with E-state index in [1.807, 2.05) is 0 Å². The molecule has 0 radical (unpaired) electrons. The molecule has 1 heterocycles. The molecule has 0 N–H and O–H groups in total. The lowest BCUT2D eigenvalue weighted by molar-refractivity contribution is -0.137. The first kappa shape index (κ1) is 9.73. The van der Waals surface area contributed by atoms with Crippen molar-refractivity contribution in [2.45, 2.75) is 6.18 Å². The van der Waals surface area contributed by atoms with Gasteiger partial charge >= 0.3 is 6.18 Å². The largest absolute Gasteiger partial charge is 0.419 e. The molecule has 0 spiro atoms. The monoisotopic (exact) mass is 283 g/mol. The van der Waals surface area contributed by atoms with Crippen LogP contribution in [0.15, 0.2) is 24.5 Å². The third kappa shape index (κ3) is 2.23. The van der Waals surface area contributed by atoms with Crippen molar-refractivity contribution >= 4 is 23.2 Å². The van der Waals surface area contributed by atoms with Gasteiger partial charge in [0.2, 0.25) is 0 Å². The second-order valence-corrected chi connectivity index (χ2v) is 3.76. The zero-order chi connectivity index (χ0) is 14.4. The van der Waals surface area contributed by atoms with E-state index in [2.05, 4.69) is 10.3 Å². The van der Waals surface area contributed by atoms with Crippen molar-refractivity contribution in [2.24, 2.45) is 0 Å². The summed E-state index contributed by atoms with van der Waals surface area (Å²) in [7, 11) is 0. The van der Waals surface area contributed by atoms with Crippen LogP contribution >= 0.6 is 23.2 Å². The van der Waals surface area contributed by atoms with Crippen LogP contribution in [0.4, 0.5) is 13.2 Å². The maximum Gasteiger partial charge on any atom is 0.419 e. The van der Waals surface area contributed by atoms with Gasteiger partial charge in [-0.3, -0.25) is 0 Å². The maximum absolute atomic E-state index is 12.8. The Labute approximate surface area is 107 Å². The Kier molecular flexibility index (Phi) is 2.40. The lowest BCUT2D eigenvalue weighted by Gasteiger charge is -2.13. The minimum absolute atomic E-state index is 0.214. The van der Waals surface area contributed by atoms with Crippen molar-refractivity contribution in [3.05, 3.63) is 40.1 Å². The van der Waals surface area contributed by atoms with Crippen LogP contribution in [0.25, 0.3) is 5.69 Å². The highest BCUT2D eigenvalue weighted by Crippen LogP contribution is 2.41. The maximum atomic E-state index is 12.8. The number of hydrogen-bond donors (Lipinski definition) is 0. The predicted molar refractivity (Wildman–Crippen MR) is 56.4 cm³/mol. The van der Waals surface area contributed by atoms with E-state index in [-0.39, 0.29) is 5.69 Å². The van der Waals surface area contributed by atoms with Crippen molar-refractivity contribution in [2.75, 3.05) is 0 Å². The molecule has 0 aliphatic carbocycles. The van der Waals surface area contributed by atoms with Crippen LogP contribution in [0.5, 0.6) is 0 Å². The fourth-order valence-corrected chi connectivity index (χ4v) is 1.90. The number of halogens is 5. The molecule has 0 fully saturated rings. The quantitative estimate of drug-likeness (QED) is 0.801. The molecule has 0 atom stereocenters. The summed E-state index contributed by atoms with van der Waals surface area (Å²) in [5, 5.41) is 5.41. The Bertz CT molecular complexity index is 642. The Hall–Kier alpha value is -1.27. The standard InChI is InChI=1S/C9H4Cl2F3N3/c10-5-1-2-6(17-4-3-15-16-17)8(11)7(5)9(12,13)14/h1-4H/i3D,4D. The number of hydrogen-bond acceptors (Lipinski definition) is 2. The lowest BCUT2D eigenvalue weighted by Crippen LogP contribution is -2.09. The minimum atomic E-state index is -4.74. The van der Waals surface area contributed by atoms with Crippen LogP contribution in [0.3, 0.4) is 0 Å². The predicted octanol–water partition coefficient (Wildman–Crippen LogP) is 3.59. The van der Waals surface area contributed by atoms with Crippen molar-refractivity contribution in [3.8, 4) is 5.69 Å². The van der Waals surface area contributed by atoms with Crippen molar-refractivity contribution in [3.63, 3.8) is 0 Å². The lowest BCUT2D eigenvalue weighted by atomic mass is 10.2. The van der Waals surface area contributed by atoms with E-state index in [9.17, 15) is 13.2 Å². The Morgan fingerprint density at radius 1 is 1.29 bits per heavy atom. The van der Waals surface area contributed by atoms with Crippen LogP contribution < -0.4 is 0 Å². The van der Waals surface area contributed by atoms with Crippen LogP contribution in [0, 0.1) is 0 Å². The van der Waals surface area contributed by atoms with Gasteiger partial charge in [-0.25, -0.2) is 4.68 Å². The molecular weight excluding hydrogens is 278 g/mol. The van der Waals surface area contributed by atoms with E-state index in [1.165, 1.54) is 6.07 Å². The smallest absolute Gasteiger partial charge is 0.219 e. The number of benzene rings is 1. The molecule has 90 valence electrons. The number of rotatable bonds is 1. The summed E-state index contributed by atoms with van der Waals surface area (Å²) in [6.45, 7) is 0. The van der Waals surface area contributed by atoms with Gasteiger partial charge in [-0.15, -0.1) is 5.10 Å². The van der Waals surface area contributed by atoms with E-state index in [0.29, 0.717) is 0 Å². The molecule has 2 aromatic rings. The fraction of sp³-hybridized carbons (Fsp3) is 0.111. The first-order chi connectivity index (χ1) is 8.73. The van der Waals surface area contributed by atoms with Crippen molar-refractivity contribution in [1.29, 1.82) is 0 Å². The molecule has 0 saturated carbocycles. The van der Waals surface area contributed by atoms with Gasteiger partial charge in [0.25, 0.3) is 0 Å². The highest BCUT2D eigenvalue weighted by atomic mass is 35.5. The van der Waals surface area contributed by atoms with E-state index in [4.69, 9.17) is 25.9 Å². The average molecular weight is 284 g/mol. The topological polar surface area (TPSA) is 30.7 Å². The molecule has 3 nitrogen and oxygen atoms in total. The van der Waals surface area contributed by atoms with Gasteiger partial charge in [-0.05, 0) is 12.1 Å². The van der Waals surface area contributed by atoms with Gasteiger partial charge in [-0.2, -0.15) is 13.2 Å². The third-order valence-electron chi connectivity index (χ3n) is 1.92. The Morgan fingerprint density at radius 2 is 2.00 bits per heavy atom. The van der Waals surface area contributed by atoms with Gasteiger partial charge in [0.15, 0.2) is 0 Å². The SMILES string of the molecule is [2H]c1nnn(-c2ccc(Cl)c(C(F)(F)F)c2Cl)c1[2H]. The summed E-state index contributed by atoms with van der Waals surface area (Å²) in [4.78, 5) is 0. The molecular formula is C9H4Cl2F3N3. The van der Waals surface area contributed by atoms with Gasteiger partial charge in [0.1, 0.15) is 0 Å². The second-order valence-electron chi connectivity index (χ2n) is 2.98. The molecule has 0 unspecified atom stereocenters. The molecule has 0 saturated heterocycles. The molecule has 0 aliphatic heterocycles. The summed E-state index contributed by atoms with van der Waals surface area (Å²) in [6.07, 6.45) is -5.69. The number of alkyl halides is 3. The Balaban J connectivity index is 2.71. The first-order valence-electron chi connectivity index (χ1n) is 5.18. The summed E-state index contributed by atoms with van der Waals surface area (Å²) >= 11 is 11.2. The fourth-order valence-electron chi connectivity index (χ4n) is 1.23. The number of nitrogens with zero attached hydrogens (tertiary/aromatic N) is 3. The van der Waals surface area contributed by atoms with Gasteiger partial charge < -0.3 is 0 Å². The van der Waals surface area contributed by atoms with E-state index < -0.39 is 34.1 Å². The van der Waals surface area contributed by atoms with Crippen LogP contribution in [-0.2, 0) is 6.18 Å². The first-order valence-corrected chi connectivity index (χ1v) is 4.93. The van der Waals surface area contributed by atoms with Gasteiger partial charge in [0, 0.05) is 0 Å². The molecule has 0 aliphatic rings. The molecule has 0 bridgehead atoms. The summed E-state index contributed by atoms with van der Waals surface area (Å²) < 4.78 is 53.8. The average Bonchev–Trinajstić information content (AvgIpc) is 2.59. The zero-order valence-corrected chi connectivity index (χ0v) is 9.40. The van der Waals surface area contributed by atoms with Crippen LogP contribution in [-0.4, -0.2) is 15.0 Å². The van der Waals surface area contributed by atoms with Crippen molar-refractivity contribution < 1.29 is 15.9 Å². The normalized spacial score (nSPS) is 13.5. The highest BCUT2D eigenvalue weighted by Gasteiger charge is 2.37. The number of aromatic nitrogens is 3.